The predicted octanol–water partition coefficient (Wildman–Crippen LogP) is 1.18. The first kappa shape index (κ1) is 8.52. The second-order valence-electron chi connectivity index (χ2n) is 4.01. The lowest BCUT2D eigenvalue weighted by molar-refractivity contribution is 0.0175. The van der Waals surface area contributed by atoms with E-state index >= 15 is 0 Å². The van der Waals surface area contributed by atoms with Gasteiger partial charge in [-0.15, -0.1) is 0 Å². The van der Waals surface area contributed by atoms with Crippen molar-refractivity contribution in [2.45, 2.75) is 12.8 Å². The van der Waals surface area contributed by atoms with Crippen molar-refractivity contribution in [1.82, 2.24) is 4.90 Å². The Morgan fingerprint density at radius 1 is 1.25 bits per heavy atom. The summed E-state index contributed by atoms with van der Waals surface area (Å²) in [6.45, 7) is 9.50. The molecule has 2 nitrogen and oxygen atoms in total. The maximum absolute atomic E-state index is 5.30. The van der Waals surface area contributed by atoms with E-state index in [0.717, 1.165) is 38.1 Å². The Balaban J connectivity index is 1.70. The highest BCUT2D eigenvalue weighted by Gasteiger charge is 2.28. The van der Waals surface area contributed by atoms with Gasteiger partial charge in [-0.25, -0.2) is 0 Å². The van der Waals surface area contributed by atoms with Crippen LogP contribution in [0.25, 0.3) is 0 Å². The van der Waals surface area contributed by atoms with Crippen LogP contribution in [-0.4, -0.2) is 37.7 Å². The highest BCUT2D eigenvalue weighted by atomic mass is 16.5. The molecule has 2 atom stereocenters. The minimum Gasteiger partial charge on any atom is -0.379 e. The normalized spacial score (nSPS) is 37.8. The molecule has 1 saturated carbocycles. The monoisotopic (exact) mass is 168 g/mol. The lowest BCUT2D eigenvalue weighted by atomic mass is 9.75. The molecule has 2 aliphatic rings. The summed E-state index contributed by atoms with van der Waals surface area (Å²) in [6.07, 6.45) is 2.74. The largest absolute Gasteiger partial charge is 0.379 e. The van der Waals surface area contributed by atoms with Gasteiger partial charge in [-0.3, -0.25) is 4.90 Å². The maximum Gasteiger partial charge on any atom is 0.0594 e. The van der Waals surface area contributed by atoms with Gasteiger partial charge in [0, 0.05) is 19.6 Å². The van der Waals surface area contributed by atoms with E-state index in [4.69, 9.17) is 4.74 Å². The molecule has 0 N–H and O–H groups in total. The summed E-state index contributed by atoms with van der Waals surface area (Å²) in [5.74, 6) is 1.61. The number of ether oxygens (including phenoxy) is 1. The van der Waals surface area contributed by atoms with Crippen LogP contribution in [0.5, 0.6) is 0 Å². The van der Waals surface area contributed by atoms with E-state index in [9.17, 15) is 0 Å². The van der Waals surface area contributed by atoms with Gasteiger partial charge >= 0.3 is 0 Å². The topological polar surface area (TPSA) is 12.5 Å². The fourth-order valence-corrected chi connectivity index (χ4v) is 1.99. The van der Waals surface area contributed by atoms with Crippen LogP contribution in [0.15, 0.2) is 0 Å². The van der Waals surface area contributed by atoms with E-state index in [2.05, 4.69) is 11.8 Å². The van der Waals surface area contributed by atoms with Crippen LogP contribution in [0.4, 0.5) is 0 Å². The van der Waals surface area contributed by atoms with Gasteiger partial charge in [0.2, 0.25) is 0 Å². The Morgan fingerprint density at radius 2 is 2.00 bits per heavy atom. The lowest BCUT2D eigenvalue weighted by Gasteiger charge is -2.39. The Labute approximate surface area is 74.9 Å². The molecule has 0 aromatic carbocycles. The van der Waals surface area contributed by atoms with Crippen molar-refractivity contribution in [3.05, 3.63) is 6.92 Å². The van der Waals surface area contributed by atoms with Gasteiger partial charge < -0.3 is 4.74 Å². The zero-order valence-corrected chi connectivity index (χ0v) is 7.67. The first-order valence-electron chi connectivity index (χ1n) is 4.99. The Bertz CT molecular complexity index is 143. The van der Waals surface area contributed by atoms with E-state index < -0.39 is 0 Å². The van der Waals surface area contributed by atoms with Crippen LogP contribution in [0.1, 0.15) is 12.8 Å². The fraction of sp³-hybridized carbons (Fsp3) is 0.900. The average Bonchev–Trinajstić information content (AvgIpc) is 2.14. The van der Waals surface area contributed by atoms with Gasteiger partial charge in [0.15, 0.2) is 0 Å². The van der Waals surface area contributed by atoms with Gasteiger partial charge in [0.1, 0.15) is 0 Å². The number of rotatable bonds is 2. The molecule has 2 heteroatoms. The number of morpholine rings is 1. The first-order chi connectivity index (χ1) is 5.86. The zero-order valence-electron chi connectivity index (χ0n) is 7.67. The summed E-state index contributed by atoms with van der Waals surface area (Å²) in [4.78, 5) is 2.52. The second-order valence-corrected chi connectivity index (χ2v) is 4.01. The van der Waals surface area contributed by atoms with Crippen molar-refractivity contribution in [2.24, 2.45) is 11.8 Å². The zero-order chi connectivity index (χ0) is 8.39. The molecule has 1 aliphatic heterocycles. The molecule has 1 radical (unpaired) electrons. The molecule has 1 saturated heterocycles. The van der Waals surface area contributed by atoms with E-state index in [0.29, 0.717) is 0 Å². The molecule has 1 aliphatic carbocycles. The van der Waals surface area contributed by atoms with Crippen molar-refractivity contribution in [2.75, 3.05) is 32.8 Å². The van der Waals surface area contributed by atoms with Gasteiger partial charge in [-0.2, -0.15) is 0 Å². The molecule has 0 aromatic heterocycles. The molecular formula is C10H18NO. The summed E-state index contributed by atoms with van der Waals surface area (Å²) >= 11 is 0. The molecule has 0 aromatic rings. The van der Waals surface area contributed by atoms with E-state index in [1.807, 2.05) is 0 Å². The molecule has 0 bridgehead atoms. The molecule has 1 heterocycles. The van der Waals surface area contributed by atoms with E-state index in [-0.39, 0.29) is 0 Å². The third-order valence-corrected chi connectivity index (χ3v) is 3.17. The van der Waals surface area contributed by atoms with Crippen LogP contribution >= 0.6 is 0 Å². The van der Waals surface area contributed by atoms with Gasteiger partial charge in [-0.1, -0.05) is 0 Å². The Hall–Kier alpha value is -0.0800. The molecule has 2 fully saturated rings. The number of hydrogen-bond acceptors (Lipinski definition) is 2. The molecule has 0 spiro atoms. The quantitative estimate of drug-likeness (QED) is 0.614. The summed E-state index contributed by atoms with van der Waals surface area (Å²) < 4.78 is 5.30. The van der Waals surface area contributed by atoms with E-state index in [1.165, 1.54) is 19.4 Å². The summed E-state index contributed by atoms with van der Waals surface area (Å²) in [5.41, 5.74) is 0. The molecule has 2 rings (SSSR count). The average molecular weight is 168 g/mol. The fourth-order valence-electron chi connectivity index (χ4n) is 1.99. The minimum atomic E-state index is 0.729. The summed E-state index contributed by atoms with van der Waals surface area (Å²) in [5, 5.41) is 0. The summed E-state index contributed by atoms with van der Waals surface area (Å²) in [6, 6.07) is 0. The Kier molecular flexibility index (Phi) is 2.66. The highest BCUT2D eigenvalue weighted by molar-refractivity contribution is 4.84. The smallest absolute Gasteiger partial charge is 0.0594 e. The van der Waals surface area contributed by atoms with Crippen molar-refractivity contribution in [3.8, 4) is 0 Å². The van der Waals surface area contributed by atoms with Crippen molar-refractivity contribution in [3.63, 3.8) is 0 Å². The maximum atomic E-state index is 5.30. The summed E-state index contributed by atoms with van der Waals surface area (Å²) in [7, 11) is 0. The van der Waals surface area contributed by atoms with Crippen LogP contribution in [0.3, 0.4) is 0 Å². The number of hydrogen-bond donors (Lipinski definition) is 0. The third-order valence-electron chi connectivity index (χ3n) is 3.17. The van der Waals surface area contributed by atoms with Crippen LogP contribution in [0.2, 0.25) is 0 Å². The van der Waals surface area contributed by atoms with Crippen molar-refractivity contribution >= 4 is 0 Å². The molecule has 2 unspecified atom stereocenters. The van der Waals surface area contributed by atoms with Crippen LogP contribution in [0, 0.1) is 18.8 Å². The standard InChI is InChI=1S/C10H18NO/c1-9-2-3-10(9)8-11-4-6-12-7-5-11/h9-10H,1-8H2. The second kappa shape index (κ2) is 3.75. The molecular weight excluding hydrogens is 150 g/mol. The van der Waals surface area contributed by atoms with Crippen molar-refractivity contribution < 1.29 is 4.74 Å². The Morgan fingerprint density at radius 3 is 2.50 bits per heavy atom. The predicted molar refractivity (Wildman–Crippen MR) is 48.8 cm³/mol. The highest BCUT2D eigenvalue weighted by Crippen LogP contribution is 2.33. The molecule has 0 amide bonds. The molecule has 12 heavy (non-hydrogen) atoms. The van der Waals surface area contributed by atoms with Gasteiger partial charge in [0.05, 0.1) is 13.2 Å². The minimum absolute atomic E-state index is 0.729. The van der Waals surface area contributed by atoms with E-state index in [1.54, 1.807) is 0 Å². The number of nitrogens with zero attached hydrogens (tertiary/aromatic N) is 1. The SMILES string of the molecule is [CH2]C1CCC1CN1CCOCC1. The van der Waals surface area contributed by atoms with Crippen molar-refractivity contribution in [1.29, 1.82) is 0 Å². The van der Waals surface area contributed by atoms with Crippen LogP contribution < -0.4 is 0 Å². The lowest BCUT2D eigenvalue weighted by Crippen LogP contribution is -2.42. The van der Waals surface area contributed by atoms with Gasteiger partial charge in [-0.05, 0) is 31.6 Å². The van der Waals surface area contributed by atoms with Gasteiger partial charge in [0.25, 0.3) is 0 Å². The first-order valence-corrected chi connectivity index (χ1v) is 4.99. The third kappa shape index (κ3) is 1.80. The molecule has 69 valence electrons. The van der Waals surface area contributed by atoms with Crippen LogP contribution in [-0.2, 0) is 4.74 Å².